The van der Waals surface area contributed by atoms with Crippen molar-refractivity contribution in [3.8, 4) is 0 Å². The highest BCUT2D eigenvalue weighted by atomic mass is 32.1. The summed E-state index contributed by atoms with van der Waals surface area (Å²) in [7, 11) is 0. The smallest absolute Gasteiger partial charge is 0.113 e. The summed E-state index contributed by atoms with van der Waals surface area (Å²) in [6, 6.07) is 0. The van der Waals surface area contributed by atoms with Crippen molar-refractivity contribution in [2.75, 3.05) is 25.6 Å². The number of ether oxygens (including phenoxy) is 1. The van der Waals surface area contributed by atoms with Gasteiger partial charge in [-0.3, -0.25) is 0 Å². The second-order valence-electron chi connectivity index (χ2n) is 1.02. The molecule has 0 aromatic carbocycles. The molecular weight excluding hydrogens is 115 g/mol. The number of halogens is 1. The topological polar surface area (TPSA) is 9.23 Å². The van der Waals surface area contributed by atoms with Crippen LogP contribution in [0.2, 0.25) is 0 Å². The average Bonchev–Trinajstić information content (AvgIpc) is 1.69. The number of hydrogen-bond acceptors (Lipinski definition) is 2. The van der Waals surface area contributed by atoms with Gasteiger partial charge in [0.1, 0.15) is 6.67 Å². The second-order valence-corrected chi connectivity index (χ2v) is 1.47. The summed E-state index contributed by atoms with van der Waals surface area (Å²) in [6.07, 6.45) is 0. The Morgan fingerprint density at radius 1 is 1.43 bits per heavy atom. The van der Waals surface area contributed by atoms with Gasteiger partial charge in [-0.2, -0.15) is 12.6 Å². The molecule has 0 N–H and O–H groups in total. The van der Waals surface area contributed by atoms with Crippen LogP contribution in [-0.4, -0.2) is 25.6 Å². The Hall–Kier alpha value is 0.240. The predicted octanol–water partition coefficient (Wildman–Crippen LogP) is 0.902. The van der Waals surface area contributed by atoms with E-state index in [0.717, 1.165) is 0 Å². The van der Waals surface area contributed by atoms with Crippen LogP contribution in [0.3, 0.4) is 0 Å². The molecule has 7 heavy (non-hydrogen) atoms. The molecule has 44 valence electrons. The van der Waals surface area contributed by atoms with Crippen molar-refractivity contribution < 1.29 is 9.13 Å². The summed E-state index contributed by atoms with van der Waals surface area (Å²) in [5, 5.41) is 0. The normalized spacial score (nSPS) is 9.43. The standard InChI is InChI=1S/C4H9FOS/c5-1-2-6-3-4-7/h7H,1-4H2. The van der Waals surface area contributed by atoms with Crippen LogP contribution in [0, 0.1) is 0 Å². The predicted molar refractivity (Wildman–Crippen MR) is 30.6 cm³/mol. The minimum Gasteiger partial charge on any atom is -0.378 e. The van der Waals surface area contributed by atoms with E-state index in [2.05, 4.69) is 17.4 Å². The molecule has 0 aromatic rings. The fraction of sp³-hybridized carbons (Fsp3) is 1.00. The first-order valence-electron chi connectivity index (χ1n) is 2.16. The minimum absolute atomic E-state index is 0.209. The summed E-state index contributed by atoms with van der Waals surface area (Å²) in [5.74, 6) is 0.667. The molecule has 0 fully saturated rings. The van der Waals surface area contributed by atoms with Gasteiger partial charge in [-0.05, 0) is 0 Å². The Balaban J connectivity index is 2.45. The summed E-state index contributed by atoms with van der Waals surface area (Å²) in [4.78, 5) is 0. The lowest BCUT2D eigenvalue weighted by Crippen LogP contribution is -1.98. The summed E-state index contributed by atoms with van der Waals surface area (Å²) >= 11 is 3.85. The molecule has 0 spiro atoms. The van der Waals surface area contributed by atoms with E-state index >= 15 is 0 Å². The van der Waals surface area contributed by atoms with Gasteiger partial charge < -0.3 is 4.74 Å². The molecule has 3 heteroatoms. The third-order valence-corrected chi connectivity index (χ3v) is 0.640. The molecule has 0 amide bonds. The number of thiol groups is 1. The quantitative estimate of drug-likeness (QED) is 0.433. The monoisotopic (exact) mass is 124 g/mol. The Labute approximate surface area is 48.3 Å². The summed E-state index contributed by atoms with van der Waals surface area (Å²) in [5.41, 5.74) is 0. The van der Waals surface area contributed by atoms with Crippen LogP contribution in [0.1, 0.15) is 0 Å². The fourth-order valence-corrected chi connectivity index (χ4v) is 0.350. The van der Waals surface area contributed by atoms with Crippen molar-refractivity contribution in [1.82, 2.24) is 0 Å². The maximum atomic E-state index is 11.2. The van der Waals surface area contributed by atoms with Crippen LogP contribution in [0.4, 0.5) is 4.39 Å². The first kappa shape index (κ1) is 7.24. The molecule has 0 aliphatic rings. The molecule has 0 aliphatic carbocycles. The molecule has 0 atom stereocenters. The zero-order valence-corrected chi connectivity index (χ0v) is 4.96. The molecule has 0 rings (SSSR count). The highest BCUT2D eigenvalue weighted by Gasteiger charge is 1.80. The van der Waals surface area contributed by atoms with Crippen molar-refractivity contribution in [1.29, 1.82) is 0 Å². The molecule has 0 saturated heterocycles. The van der Waals surface area contributed by atoms with Crippen LogP contribution in [0.25, 0.3) is 0 Å². The highest BCUT2D eigenvalue weighted by molar-refractivity contribution is 7.80. The van der Waals surface area contributed by atoms with E-state index in [1.165, 1.54) is 0 Å². The summed E-state index contributed by atoms with van der Waals surface area (Å²) in [6.45, 7) is 0.362. The molecule has 0 aromatic heterocycles. The van der Waals surface area contributed by atoms with Gasteiger partial charge in [0.15, 0.2) is 0 Å². The van der Waals surface area contributed by atoms with E-state index in [-0.39, 0.29) is 6.61 Å². The van der Waals surface area contributed by atoms with Crippen molar-refractivity contribution in [2.45, 2.75) is 0 Å². The lowest BCUT2D eigenvalue weighted by molar-refractivity contribution is 0.133. The number of hydrogen-bond donors (Lipinski definition) is 1. The zero-order chi connectivity index (χ0) is 5.54. The molecule has 1 nitrogen and oxygen atoms in total. The van der Waals surface area contributed by atoms with E-state index in [1.807, 2.05) is 0 Å². The van der Waals surface area contributed by atoms with Crippen molar-refractivity contribution >= 4 is 12.6 Å². The first-order chi connectivity index (χ1) is 3.41. The van der Waals surface area contributed by atoms with Crippen molar-refractivity contribution in [2.24, 2.45) is 0 Å². The fourth-order valence-electron chi connectivity index (χ4n) is 0.221. The molecule has 0 heterocycles. The van der Waals surface area contributed by atoms with Gasteiger partial charge in [0.2, 0.25) is 0 Å². The second kappa shape index (κ2) is 6.24. The third kappa shape index (κ3) is 6.24. The van der Waals surface area contributed by atoms with E-state index in [4.69, 9.17) is 0 Å². The Kier molecular flexibility index (Phi) is 6.45. The zero-order valence-electron chi connectivity index (χ0n) is 4.06. The van der Waals surface area contributed by atoms with Gasteiger partial charge in [0, 0.05) is 5.75 Å². The van der Waals surface area contributed by atoms with Gasteiger partial charge in [-0.15, -0.1) is 0 Å². The van der Waals surface area contributed by atoms with Crippen LogP contribution in [0.5, 0.6) is 0 Å². The molecule has 0 saturated carbocycles. The minimum atomic E-state index is -0.395. The largest absolute Gasteiger partial charge is 0.378 e. The molecular formula is C4H9FOS. The highest BCUT2D eigenvalue weighted by Crippen LogP contribution is 1.77. The first-order valence-corrected chi connectivity index (χ1v) is 2.79. The molecule has 0 radical (unpaired) electrons. The third-order valence-electron chi connectivity index (χ3n) is 0.457. The van der Waals surface area contributed by atoms with Gasteiger partial charge in [-0.1, -0.05) is 0 Å². The van der Waals surface area contributed by atoms with Gasteiger partial charge in [-0.25, -0.2) is 4.39 Å². The summed E-state index contributed by atoms with van der Waals surface area (Å²) < 4.78 is 15.8. The van der Waals surface area contributed by atoms with E-state index in [1.54, 1.807) is 0 Å². The average molecular weight is 124 g/mol. The van der Waals surface area contributed by atoms with Crippen LogP contribution in [0.15, 0.2) is 0 Å². The Morgan fingerprint density at radius 3 is 2.57 bits per heavy atom. The number of rotatable bonds is 4. The maximum Gasteiger partial charge on any atom is 0.113 e. The van der Waals surface area contributed by atoms with Crippen LogP contribution < -0.4 is 0 Å². The van der Waals surface area contributed by atoms with Gasteiger partial charge in [0.05, 0.1) is 13.2 Å². The van der Waals surface area contributed by atoms with Crippen molar-refractivity contribution in [3.63, 3.8) is 0 Å². The van der Waals surface area contributed by atoms with E-state index < -0.39 is 6.67 Å². The van der Waals surface area contributed by atoms with Crippen LogP contribution >= 0.6 is 12.6 Å². The molecule has 0 unspecified atom stereocenters. The lowest BCUT2D eigenvalue weighted by Gasteiger charge is -1.93. The van der Waals surface area contributed by atoms with Gasteiger partial charge >= 0.3 is 0 Å². The van der Waals surface area contributed by atoms with Crippen LogP contribution in [-0.2, 0) is 4.74 Å². The van der Waals surface area contributed by atoms with Gasteiger partial charge in [0.25, 0.3) is 0 Å². The lowest BCUT2D eigenvalue weighted by atomic mass is 10.8. The molecule has 0 aliphatic heterocycles. The Morgan fingerprint density at radius 2 is 2.14 bits per heavy atom. The maximum absolute atomic E-state index is 11.2. The SMILES string of the molecule is FCCOCCS. The van der Waals surface area contributed by atoms with E-state index in [0.29, 0.717) is 12.4 Å². The van der Waals surface area contributed by atoms with E-state index in [9.17, 15) is 4.39 Å². The number of alkyl halides is 1. The Bertz CT molecular complexity index is 30.9. The molecule has 0 bridgehead atoms. The van der Waals surface area contributed by atoms with Crippen molar-refractivity contribution in [3.05, 3.63) is 0 Å².